The van der Waals surface area contributed by atoms with Crippen molar-refractivity contribution in [2.45, 2.75) is 27.3 Å². The number of ether oxygens (including phenoxy) is 1. The van der Waals surface area contributed by atoms with Gasteiger partial charge < -0.3 is 4.74 Å². The first kappa shape index (κ1) is 15.8. The summed E-state index contributed by atoms with van der Waals surface area (Å²) in [6.07, 6.45) is 0.985. The Labute approximate surface area is 129 Å². The van der Waals surface area contributed by atoms with Gasteiger partial charge in [-0.2, -0.15) is 10.2 Å². The normalized spacial score (nSPS) is 10.9. The summed E-state index contributed by atoms with van der Waals surface area (Å²) >= 11 is 0. The summed E-state index contributed by atoms with van der Waals surface area (Å²) in [5, 5.41) is 8.39. The van der Waals surface area contributed by atoms with Crippen LogP contribution in [0.25, 0.3) is 0 Å². The van der Waals surface area contributed by atoms with Crippen molar-refractivity contribution in [2.75, 3.05) is 7.11 Å². The van der Waals surface area contributed by atoms with Crippen molar-refractivity contribution in [2.24, 2.45) is 5.10 Å². The van der Waals surface area contributed by atoms with Crippen LogP contribution in [-0.2, 0) is 11.3 Å². The molecule has 116 valence electrons. The first-order chi connectivity index (χ1) is 10.5. The molecule has 0 saturated carbocycles. The fourth-order valence-corrected chi connectivity index (χ4v) is 2.11. The second-order valence-corrected chi connectivity index (χ2v) is 5.09. The molecule has 2 rings (SSSR count). The van der Waals surface area contributed by atoms with Crippen molar-refractivity contribution < 1.29 is 9.53 Å². The molecule has 0 bridgehead atoms. The highest BCUT2D eigenvalue weighted by Crippen LogP contribution is 2.13. The number of aromatic nitrogens is 2. The molecule has 0 fully saturated rings. The maximum absolute atomic E-state index is 11.0. The molecule has 0 aliphatic heterocycles. The number of hydrogen-bond acceptors (Lipinski definition) is 4. The van der Waals surface area contributed by atoms with E-state index >= 15 is 0 Å². The van der Waals surface area contributed by atoms with E-state index in [0.29, 0.717) is 6.54 Å². The highest BCUT2D eigenvalue weighted by molar-refractivity contribution is 5.83. The van der Waals surface area contributed by atoms with Gasteiger partial charge in [0.2, 0.25) is 0 Å². The zero-order valence-electron chi connectivity index (χ0n) is 13.3. The van der Waals surface area contributed by atoms with Crippen LogP contribution in [0, 0.1) is 20.8 Å². The van der Waals surface area contributed by atoms with E-state index in [1.807, 2.05) is 18.5 Å². The van der Waals surface area contributed by atoms with Crippen LogP contribution >= 0.6 is 0 Å². The van der Waals surface area contributed by atoms with Crippen LogP contribution in [0.1, 0.15) is 28.1 Å². The number of hydrazone groups is 1. The first-order valence-electron chi connectivity index (χ1n) is 6.98. The molecule has 1 amide bonds. The lowest BCUT2D eigenvalue weighted by atomic mass is 10.1. The van der Waals surface area contributed by atoms with E-state index in [4.69, 9.17) is 0 Å². The Hall–Kier alpha value is -2.63. The van der Waals surface area contributed by atoms with Crippen molar-refractivity contribution >= 4 is 12.3 Å². The van der Waals surface area contributed by atoms with Crippen molar-refractivity contribution in [1.29, 1.82) is 0 Å². The zero-order valence-corrected chi connectivity index (χ0v) is 13.3. The number of rotatable bonds is 4. The molecule has 0 atom stereocenters. The quantitative estimate of drug-likeness (QED) is 0.697. The third kappa shape index (κ3) is 3.72. The summed E-state index contributed by atoms with van der Waals surface area (Å²) in [5.74, 6) is 0. The molecule has 6 heteroatoms. The van der Waals surface area contributed by atoms with Gasteiger partial charge in [-0.05, 0) is 26.3 Å². The number of hydrogen-bond donors (Lipinski definition) is 1. The standard InChI is InChI=1S/C16H20N4O2/c1-11-5-7-14(8-6-11)10-20-13(3)15(12(2)19-20)9-17-18-16(21)22-4/h5-9H,10H2,1-4H3,(H,18,21)/b17-9+. The van der Waals surface area contributed by atoms with Crippen molar-refractivity contribution in [3.63, 3.8) is 0 Å². The van der Waals surface area contributed by atoms with E-state index in [-0.39, 0.29) is 0 Å². The van der Waals surface area contributed by atoms with E-state index in [9.17, 15) is 4.79 Å². The first-order valence-corrected chi connectivity index (χ1v) is 6.98. The molecule has 2 aromatic rings. The van der Waals surface area contributed by atoms with Crippen molar-refractivity contribution in [1.82, 2.24) is 15.2 Å². The second kappa shape index (κ2) is 6.89. The smallest absolute Gasteiger partial charge is 0.427 e. The summed E-state index contributed by atoms with van der Waals surface area (Å²) in [4.78, 5) is 11.0. The molecule has 0 aliphatic rings. The maximum Gasteiger partial charge on any atom is 0.427 e. The van der Waals surface area contributed by atoms with E-state index in [1.54, 1.807) is 6.21 Å². The van der Waals surface area contributed by atoms with Crippen LogP contribution in [-0.4, -0.2) is 29.2 Å². The summed E-state index contributed by atoms with van der Waals surface area (Å²) in [6, 6.07) is 8.37. The number of carbonyl (C=O) groups is 1. The minimum atomic E-state index is -0.599. The topological polar surface area (TPSA) is 68.5 Å². The Balaban J connectivity index is 2.16. The van der Waals surface area contributed by atoms with Crippen LogP contribution in [0.5, 0.6) is 0 Å². The fraction of sp³-hybridized carbons (Fsp3) is 0.312. The summed E-state index contributed by atoms with van der Waals surface area (Å²) < 4.78 is 6.39. The molecule has 1 aromatic heterocycles. The van der Waals surface area contributed by atoms with Crippen molar-refractivity contribution in [3.05, 3.63) is 52.3 Å². The van der Waals surface area contributed by atoms with Crippen LogP contribution < -0.4 is 5.43 Å². The van der Waals surface area contributed by atoms with Gasteiger partial charge in [0, 0.05) is 11.3 Å². The van der Waals surface area contributed by atoms with E-state index in [1.165, 1.54) is 18.2 Å². The summed E-state index contributed by atoms with van der Waals surface area (Å²) in [7, 11) is 1.29. The zero-order chi connectivity index (χ0) is 16.1. The Kier molecular flexibility index (Phi) is 4.93. The average molecular weight is 300 g/mol. The van der Waals surface area contributed by atoms with E-state index < -0.39 is 6.09 Å². The molecule has 22 heavy (non-hydrogen) atoms. The van der Waals surface area contributed by atoms with Crippen LogP contribution in [0.2, 0.25) is 0 Å². The second-order valence-electron chi connectivity index (χ2n) is 5.09. The number of nitrogens with zero attached hydrogens (tertiary/aromatic N) is 3. The molecule has 1 aromatic carbocycles. The number of amides is 1. The number of nitrogens with one attached hydrogen (secondary N) is 1. The Bertz CT molecular complexity index is 687. The van der Waals surface area contributed by atoms with Gasteiger partial charge in [0.05, 0.1) is 25.6 Å². The third-order valence-electron chi connectivity index (χ3n) is 3.43. The number of benzene rings is 1. The van der Waals surface area contributed by atoms with Crippen molar-refractivity contribution in [3.8, 4) is 0 Å². The molecule has 1 heterocycles. The lowest BCUT2D eigenvalue weighted by Crippen LogP contribution is -2.16. The molecular weight excluding hydrogens is 280 g/mol. The lowest BCUT2D eigenvalue weighted by Gasteiger charge is -2.05. The molecule has 6 nitrogen and oxygen atoms in total. The maximum atomic E-state index is 11.0. The van der Waals surface area contributed by atoms with Gasteiger partial charge in [0.25, 0.3) is 0 Å². The van der Waals surface area contributed by atoms with Gasteiger partial charge in [0.1, 0.15) is 0 Å². The molecule has 0 aliphatic carbocycles. The predicted octanol–water partition coefficient (Wildman–Crippen LogP) is 2.55. The van der Waals surface area contributed by atoms with E-state index in [2.05, 4.69) is 51.6 Å². The third-order valence-corrected chi connectivity index (χ3v) is 3.43. The lowest BCUT2D eigenvalue weighted by molar-refractivity contribution is 0.171. The minimum absolute atomic E-state index is 0.599. The van der Waals surface area contributed by atoms with Crippen LogP contribution in [0.15, 0.2) is 29.4 Å². The Morgan fingerprint density at radius 1 is 1.32 bits per heavy atom. The van der Waals surface area contributed by atoms with Gasteiger partial charge in [-0.3, -0.25) is 4.68 Å². The van der Waals surface area contributed by atoms with Gasteiger partial charge in [-0.15, -0.1) is 0 Å². The fourth-order valence-electron chi connectivity index (χ4n) is 2.11. The Morgan fingerprint density at radius 3 is 2.64 bits per heavy atom. The van der Waals surface area contributed by atoms with Gasteiger partial charge in [-0.25, -0.2) is 10.2 Å². The van der Waals surface area contributed by atoms with E-state index in [0.717, 1.165) is 17.0 Å². The van der Waals surface area contributed by atoms with Gasteiger partial charge in [-0.1, -0.05) is 29.8 Å². The highest BCUT2D eigenvalue weighted by Gasteiger charge is 2.10. The molecule has 1 N–H and O–H groups in total. The predicted molar refractivity (Wildman–Crippen MR) is 85.1 cm³/mol. The molecule has 0 spiro atoms. The van der Waals surface area contributed by atoms with Crippen LogP contribution in [0.3, 0.4) is 0 Å². The SMILES string of the molecule is COC(=O)N/N=C/c1c(C)nn(Cc2ccc(C)cc2)c1C. The van der Waals surface area contributed by atoms with Gasteiger partial charge in [0.15, 0.2) is 0 Å². The molecule has 0 saturated heterocycles. The minimum Gasteiger partial charge on any atom is -0.452 e. The molecule has 0 radical (unpaired) electrons. The monoisotopic (exact) mass is 300 g/mol. The largest absolute Gasteiger partial charge is 0.452 e. The highest BCUT2D eigenvalue weighted by atomic mass is 16.5. The number of methoxy groups -OCH3 is 1. The van der Waals surface area contributed by atoms with Crippen LogP contribution in [0.4, 0.5) is 4.79 Å². The summed E-state index contributed by atoms with van der Waals surface area (Å²) in [6.45, 7) is 6.66. The van der Waals surface area contributed by atoms with Gasteiger partial charge >= 0.3 is 6.09 Å². The molecule has 0 unspecified atom stereocenters. The average Bonchev–Trinajstić information content (AvgIpc) is 2.76. The molecular formula is C16H20N4O2. The summed E-state index contributed by atoms with van der Waals surface area (Å²) in [5.41, 5.74) is 7.44. The number of carbonyl (C=O) groups excluding carboxylic acids is 1. The number of aryl methyl sites for hydroxylation is 2. The Morgan fingerprint density at radius 2 is 2.00 bits per heavy atom.